The number of unbranched alkanes of at least 4 members (excludes halogenated alkanes) is 1. The smallest absolute Gasteiger partial charge is 0.345 e. The van der Waals surface area contributed by atoms with Crippen LogP contribution in [0.3, 0.4) is 0 Å². The summed E-state index contributed by atoms with van der Waals surface area (Å²) >= 11 is 5.57. The van der Waals surface area contributed by atoms with Crippen LogP contribution in [0.15, 0.2) is 0 Å². The largest absolute Gasteiger partial charge is 0.479 e. The van der Waals surface area contributed by atoms with Gasteiger partial charge in [0, 0.05) is 0 Å². The number of carboxylic acids is 1. The first-order chi connectivity index (χ1) is 8.17. The molecule has 1 unspecified atom stereocenters. The van der Waals surface area contributed by atoms with Crippen molar-refractivity contribution in [2.75, 3.05) is 0 Å². The lowest BCUT2D eigenvalue weighted by molar-refractivity contribution is -0.154. The minimum Gasteiger partial charge on any atom is -0.479 e. The zero-order valence-electron chi connectivity index (χ0n) is 10.9. The Bertz CT molecular complexity index is 290. The molecular weight excluding hydrogens is 368 g/mol. The Morgan fingerprint density at radius 1 is 1.17 bits per heavy atom. The Morgan fingerprint density at radius 3 is 2.11 bits per heavy atom. The van der Waals surface area contributed by atoms with Gasteiger partial charge in [0.25, 0.3) is 3.23 Å². The highest BCUT2D eigenvalue weighted by Gasteiger charge is 2.43. The van der Waals surface area contributed by atoms with Crippen LogP contribution in [-0.2, 0) is 14.3 Å². The van der Waals surface area contributed by atoms with Crippen molar-refractivity contribution in [1.82, 2.24) is 0 Å². The van der Waals surface area contributed by atoms with E-state index >= 15 is 0 Å². The van der Waals surface area contributed by atoms with Gasteiger partial charge in [-0.15, -0.1) is 0 Å². The summed E-state index contributed by atoms with van der Waals surface area (Å²) < 4.78 is 3.23. The third kappa shape index (κ3) is 6.73. The number of carbonyl (C=O) groups is 2. The maximum atomic E-state index is 11.6. The van der Waals surface area contributed by atoms with Crippen molar-refractivity contribution in [1.29, 1.82) is 0 Å². The molecule has 0 aromatic rings. The van der Waals surface area contributed by atoms with Crippen molar-refractivity contribution in [2.24, 2.45) is 5.92 Å². The second kappa shape index (κ2) is 8.15. The minimum atomic E-state index is -1.84. The lowest BCUT2D eigenvalue weighted by Crippen LogP contribution is -2.37. The van der Waals surface area contributed by atoms with Crippen LogP contribution in [0.25, 0.3) is 0 Å². The van der Waals surface area contributed by atoms with Crippen molar-refractivity contribution < 1.29 is 19.4 Å². The van der Waals surface area contributed by atoms with Crippen LogP contribution in [0.2, 0.25) is 0 Å². The fraction of sp³-hybridized carbons (Fsp3) is 0.833. The Labute approximate surface area is 125 Å². The van der Waals surface area contributed by atoms with Crippen molar-refractivity contribution in [2.45, 2.75) is 55.8 Å². The monoisotopic (exact) mass is 386 g/mol. The first-order valence-corrected chi connectivity index (χ1v) is 7.58. The average molecular weight is 388 g/mol. The quantitative estimate of drug-likeness (QED) is 0.298. The van der Waals surface area contributed by atoms with Crippen LogP contribution >= 0.6 is 31.9 Å². The van der Waals surface area contributed by atoms with E-state index in [1.165, 1.54) is 0 Å². The number of esters is 1. The normalized spacial score (nSPS) is 13.4. The number of carboxylic acid groups (broad SMARTS) is 1. The molecule has 4 nitrogen and oxygen atoms in total. The summed E-state index contributed by atoms with van der Waals surface area (Å²) in [4.78, 5) is 22.3. The topological polar surface area (TPSA) is 63.6 Å². The van der Waals surface area contributed by atoms with Crippen LogP contribution in [0.1, 0.15) is 46.5 Å². The number of hydrogen-bond acceptors (Lipinski definition) is 3. The predicted octanol–water partition coefficient (Wildman–Crippen LogP) is 3.71. The van der Waals surface area contributed by atoms with Crippen molar-refractivity contribution in [3.63, 3.8) is 0 Å². The molecule has 0 saturated heterocycles. The van der Waals surface area contributed by atoms with E-state index < -0.39 is 15.2 Å². The van der Waals surface area contributed by atoms with Gasteiger partial charge in [-0.3, -0.25) is 0 Å². The SMILES string of the molecule is CC(C)CCCCC(C)OC(=O)C(Br)(Br)C(=O)O. The Kier molecular flexibility index (Phi) is 8.10. The molecule has 18 heavy (non-hydrogen) atoms. The van der Waals surface area contributed by atoms with E-state index in [-0.39, 0.29) is 6.10 Å². The number of carbonyl (C=O) groups excluding carboxylic acids is 1. The molecule has 6 heteroatoms. The molecule has 0 aliphatic heterocycles. The lowest BCUT2D eigenvalue weighted by Gasteiger charge is -2.18. The molecule has 1 atom stereocenters. The first kappa shape index (κ1) is 17.9. The Hall–Kier alpha value is -0.100. The second-order valence-corrected chi connectivity index (χ2v) is 8.22. The third-order valence-corrected chi connectivity index (χ3v) is 3.80. The molecule has 0 aromatic heterocycles. The summed E-state index contributed by atoms with van der Waals surface area (Å²) in [6.45, 7) is 6.10. The molecule has 106 valence electrons. The highest BCUT2D eigenvalue weighted by Crippen LogP contribution is 2.29. The molecule has 0 saturated carbocycles. The summed E-state index contributed by atoms with van der Waals surface area (Å²) in [6.07, 6.45) is 3.67. The standard InChI is InChI=1S/C12H20Br2O4/c1-8(2)6-4-5-7-9(3)18-11(17)12(13,14)10(15)16/h8-9H,4-7H2,1-3H3,(H,15,16). The summed E-state index contributed by atoms with van der Waals surface area (Å²) in [5.74, 6) is -1.47. The third-order valence-electron chi connectivity index (χ3n) is 2.48. The summed E-state index contributed by atoms with van der Waals surface area (Å²) in [5, 5.41) is 8.81. The zero-order valence-corrected chi connectivity index (χ0v) is 14.1. The summed E-state index contributed by atoms with van der Waals surface area (Å²) in [6, 6.07) is 0. The molecule has 1 N–H and O–H groups in total. The van der Waals surface area contributed by atoms with Crippen molar-refractivity contribution in [3.8, 4) is 0 Å². The van der Waals surface area contributed by atoms with Gasteiger partial charge in [-0.05, 0) is 57.5 Å². The Morgan fingerprint density at radius 2 is 1.67 bits per heavy atom. The number of alkyl halides is 2. The summed E-state index contributed by atoms with van der Waals surface area (Å²) in [7, 11) is 0. The van der Waals surface area contributed by atoms with Gasteiger partial charge in [-0.25, -0.2) is 9.59 Å². The van der Waals surface area contributed by atoms with Crippen LogP contribution in [0, 0.1) is 5.92 Å². The fourth-order valence-corrected chi connectivity index (χ4v) is 1.57. The highest BCUT2D eigenvalue weighted by atomic mass is 79.9. The van der Waals surface area contributed by atoms with Gasteiger partial charge in [0.15, 0.2) is 0 Å². The maximum absolute atomic E-state index is 11.6. The van der Waals surface area contributed by atoms with Gasteiger partial charge in [-0.1, -0.05) is 26.7 Å². The molecule has 0 bridgehead atoms. The first-order valence-electron chi connectivity index (χ1n) is 6.00. The van der Waals surface area contributed by atoms with Gasteiger partial charge >= 0.3 is 11.9 Å². The van der Waals surface area contributed by atoms with E-state index in [0.717, 1.165) is 25.7 Å². The molecule has 0 aliphatic rings. The molecule has 0 rings (SSSR count). The number of hydrogen-bond donors (Lipinski definition) is 1. The van der Waals surface area contributed by atoms with Gasteiger partial charge in [0.1, 0.15) is 0 Å². The van der Waals surface area contributed by atoms with Crippen molar-refractivity contribution >= 4 is 43.8 Å². The van der Waals surface area contributed by atoms with Crippen LogP contribution in [0.5, 0.6) is 0 Å². The van der Waals surface area contributed by atoms with Gasteiger partial charge in [-0.2, -0.15) is 0 Å². The average Bonchev–Trinajstić information content (AvgIpc) is 2.23. The number of halogens is 2. The molecule has 0 radical (unpaired) electrons. The van der Waals surface area contributed by atoms with Gasteiger partial charge < -0.3 is 9.84 Å². The van der Waals surface area contributed by atoms with E-state index in [9.17, 15) is 9.59 Å². The van der Waals surface area contributed by atoms with Crippen molar-refractivity contribution in [3.05, 3.63) is 0 Å². The fourth-order valence-electron chi connectivity index (χ4n) is 1.39. The van der Waals surface area contributed by atoms with E-state index in [1.807, 2.05) is 0 Å². The highest BCUT2D eigenvalue weighted by molar-refractivity contribution is 9.26. The van der Waals surface area contributed by atoms with E-state index in [1.54, 1.807) is 6.92 Å². The Balaban J connectivity index is 3.98. The molecule has 0 aromatic carbocycles. The zero-order chi connectivity index (χ0) is 14.3. The second-order valence-electron chi connectivity index (χ2n) is 4.77. The van der Waals surface area contributed by atoms with E-state index in [4.69, 9.17) is 9.84 Å². The number of aliphatic carboxylic acids is 1. The van der Waals surface area contributed by atoms with Crippen LogP contribution in [0.4, 0.5) is 0 Å². The van der Waals surface area contributed by atoms with Crippen LogP contribution in [-0.4, -0.2) is 26.4 Å². The van der Waals surface area contributed by atoms with Gasteiger partial charge in [0.05, 0.1) is 6.10 Å². The van der Waals surface area contributed by atoms with Gasteiger partial charge in [0.2, 0.25) is 0 Å². The maximum Gasteiger partial charge on any atom is 0.345 e. The summed E-state index contributed by atoms with van der Waals surface area (Å²) in [5.41, 5.74) is 0. The lowest BCUT2D eigenvalue weighted by atomic mass is 10.0. The molecule has 0 aliphatic carbocycles. The van der Waals surface area contributed by atoms with Crippen LogP contribution < -0.4 is 0 Å². The molecule has 0 amide bonds. The molecule has 0 spiro atoms. The van der Waals surface area contributed by atoms with E-state index in [2.05, 4.69) is 45.7 Å². The van der Waals surface area contributed by atoms with E-state index in [0.29, 0.717) is 5.92 Å². The molecule has 0 heterocycles. The number of ether oxygens (including phenoxy) is 1. The number of rotatable bonds is 8. The molecule has 0 fully saturated rings. The molecular formula is C12H20Br2O4. The predicted molar refractivity (Wildman–Crippen MR) is 77.1 cm³/mol. The minimum absolute atomic E-state index is 0.279.